The van der Waals surface area contributed by atoms with Gasteiger partial charge in [0.25, 0.3) is 0 Å². The van der Waals surface area contributed by atoms with Crippen molar-refractivity contribution in [3.63, 3.8) is 0 Å². The van der Waals surface area contributed by atoms with Crippen LogP contribution in [0.4, 0.5) is 0 Å². The first-order valence-electron chi connectivity index (χ1n) is 6.17. The summed E-state index contributed by atoms with van der Waals surface area (Å²) >= 11 is 1.43. The summed E-state index contributed by atoms with van der Waals surface area (Å²) in [6, 6.07) is 0.655. The highest BCUT2D eigenvalue weighted by atomic mass is 32.1. The van der Waals surface area contributed by atoms with Gasteiger partial charge >= 0.3 is 5.97 Å². The highest BCUT2D eigenvalue weighted by molar-refractivity contribution is 7.09. The van der Waals surface area contributed by atoms with E-state index in [1.807, 2.05) is 0 Å². The second-order valence-electron chi connectivity index (χ2n) is 4.47. The lowest BCUT2D eigenvalue weighted by atomic mass is 9.95. The zero-order valence-corrected chi connectivity index (χ0v) is 10.6. The Balaban J connectivity index is 1.71. The highest BCUT2D eigenvalue weighted by Crippen LogP contribution is 2.17. The monoisotopic (exact) mass is 254 g/mol. The summed E-state index contributed by atoms with van der Waals surface area (Å²) in [5.74, 6) is -0.937. The smallest absolute Gasteiger partial charge is 0.355 e. The number of hydrogen-bond donors (Lipinski definition) is 2. The number of aromatic carboxylic acids is 1. The van der Waals surface area contributed by atoms with Gasteiger partial charge in [0.05, 0.1) is 5.01 Å². The number of nitrogens with zero attached hydrogens (tertiary/aromatic N) is 1. The summed E-state index contributed by atoms with van der Waals surface area (Å²) in [6.45, 7) is 0.900. The third-order valence-corrected chi connectivity index (χ3v) is 4.06. The number of hydrogen-bond acceptors (Lipinski definition) is 4. The van der Waals surface area contributed by atoms with Gasteiger partial charge in [-0.1, -0.05) is 19.3 Å². The zero-order valence-electron chi connectivity index (χ0n) is 9.82. The van der Waals surface area contributed by atoms with Crippen LogP contribution >= 0.6 is 11.3 Å². The molecular weight excluding hydrogens is 236 g/mol. The van der Waals surface area contributed by atoms with Crippen LogP contribution in [0.3, 0.4) is 0 Å². The first-order chi connectivity index (χ1) is 8.25. The minimum absolute atomic E-state index is 0.169. The van der Waals surface area contributed by atoms with Gasteiger partial charge in [0.2, 0.25) is 0 Å². The molecule has 1 fully saturated rings. The van der Waals surface area contributed by atoms with Crippen LogP contribution in [-0.2, 0) is 6.42 Å². The Morgan fingerprint density at radius 3 is 2.88 bits per heavy atom. The third-order valence-electron chi connectivity index (χ3n) is 3.15. The van der Waals surface area contributed by atoms with Crippen LogP contribution in [0.25, 0.3) is 0 Å². The molecule has 17 heavy (non-hydrogen) atoms. The molecule has 4 nitrogen and oxygen atoms in total. The maximum absolute atomic E-state index is 10.7. The average molecular weight is 254 g/mol. The summed E-state index contributed by atoms with van der Waals surface area (Å²) in [7, 11) is 0. The van der Waals surface area contributed by atoms with E-state index < -0.39 is 5.97 Å². The maximum Gasteiger partial charge on any atom is 0.355 e. The van der Waals surface area contributed by atoms with E-state index in [1.165, 1.54) is 43.4 Å². The molecule has 0 aromatic carbocycles. The minimum Gasteiger partial charge on any atom is -0.476 e. The summed E-state index contributed by atoms with van der Waals surface area (Å²) in [6.07, 6.45) is 7.41. The molecule has 5 heteroatoms. The Kier molecular flexibility index (Phi) is 4.50. The van der Waals surface area contributed by atoms with Crippen LogP contribution < -0.4 is 5.32 Å². The normalized spacial score (nSPS) is 17.2. The standard InChI is InChI=1S/C12H18N2O2S/c15-12(16)10-8-17-11(14-10)6-7-13-9-4-2-1-3-5-9/h8-9,13H,1-7H2,(H,15,16). The van der Waals surface area contributed by atoms with E-state index >= 15 is 0 Å². The van der Waals surface area contributed by atoms with Crippen molar-refractivity contribution < 1.29 is 9.90 Å². The predicted octanol–water partition coefficient (Wildman–Crippen LogP) is 2.31. The van der Waals surface area contributed by atoms with Crippen LogP contribution in [0.15, 0.2) is 5.38 Å². The first-order valence-corrected chi connectivity index (χ1v) is 7.05. The Morgan fingerprint density at radius 2 is 2.24 bits per heavy atom. The number of carboxylic acids is 1. The van der Waals surface area contributed by atoms with Gasteiger partial charge in [-0.05, 0) is 12.8 Å². The van der Waals surface area contributed by atoms with E-state index in [2.05, 4.69) is 10.3 Å². The number of carbonyl (C=O) groups is 1. The van der Waals surface area contributed by atoms with E-state index in [9.17, 15) is 4.79 Å². The number of carboxylic acid groups (broad SMARTS) is 1. The second-order valence-corrected chi connectivity index (χ2v) is 5.41. The predicted molar refractivity (Wildman–Crippen MR) is 67.7 cm³/mol. The van der Waals surface area contributed by atoms with Crippen molar-refractivity contribution in [2.45, 2.75) is 44.6 Å². The van der Waals surface area contributed by atoms with Gasteiger partial charge in [0.15, 0.2) is 5.69 Å². The zero-order chi connectivity index (χ0) is 12.1. The number of nitrogens with one attached hydrogen (secondary N) is 1. The molecule has 1 aromatic heterocycles. The molecule has 0 bridgehead atoms. The molecule has 1 aromatic rings. The van der Waals surface area contributed by atoms with Crippen LogP contribution in [0.5, 0.6) is 0 Å². The van der Waals surface area contributed by atoms with Crippen LogP contribution in [-0.4, -0.2) is 28.6 Å². The molecule has 0 saturated heterocycles. The van der Waals surface area contributed by atoms with Gasteiger partial charge in [-0.15, -0.1) is 11.3 Å². The number of aromatic nitrogens is 1. The molecule has 0 unspecified atom stereocenters. The molecule has 0 amide bonds. The van der Waals surface area contributed by atoms with Gasteiger partial charge < -0.3 is 10.4 Å². The number of thiazole rings is 1. The molecular formula is C12H18N2O2S. The van der Waals surface area contributed by atoms with Gasteiger partial charge in [-0.25, -0.2) is 9.78 Å². The van der Waals surface area contributed by atoms with Gasteiger partial charge in [-0.3, -0.25) is 0 Å². The molecule has 1 aliphatic carbocycles. The molecule has 0 aliphatic heterocycles. The van der Waals surface area contributed by atoms with E-state index in [4.69, 9.17) is 5.11 Å². The highest BCUT2D eigenvalue weighted by Gasteiger charge is 2.13. The molecule has 1 saturated carbocycles. The Hall–Kier alpha value is -0.940. The summed E-state index contributed by atoms with van der Waals surface area (Å²) in [5, 5.41) is 14.8. The molecule has 0 atom stereocenters. The van der Waals surface area contributed by atoms with Crippen LogP contribution in [0, 0.1) is 0 Å². The topological polar surface area (TPSA) is 62.2 Å². The lowest BCUT2D eigenvalue weighted by Gasteiger charge is -2.22. The molecule has 0 spiro atoms. The molecule has 1 aliphatic rings. The van der Waals surface area contributed by atoms with Crippen molar-refractivity contribution in [2.24, 2.45) is 0 Å². The Bertz CT molecular complexity index is 372. The fourth-order valence-electron chi connectivity index (χ4n) is 2.21. The molecule has 94 valence electrons. The Labute approximate surface area is 105 Å². The lowest BCUT2D eigenvalue weighted by Crippen LogP contribution is -2.32. The molecule has 2 rings (SSSR count). The largest absolute Gasteiger partial charge is 0.476 e. The van der Waals surface area contributed by atoms with E-state index in [1.54, 1.807) is 5.38 Å². The molecule has 2 N–H and O–H groups in total. The molecule has 1 heterocycles. The van der Waals surface area contributed by atoms with Crippen molar-refractivity contribution in [3.05, 3.63) is 16.1 Å². The van der Waals surface area contributed by atoms with E-state index in [-0.39, 0.29) is 5.69 Å². The van der Waals surface area contributed by atoms with Crippen molar-refractivity contribution >= 4 is 17.3 Å². The van der Waals surface area contributed by atoms with Crippen molar-refractivity contribution in [3.8, 4) is 0 Å². The van der Waals surface area contributed by atoms with E-state index in [0.717, 1.165) is 18.0 Å². The fraction of sp³-hybridized carbons (Fsp3) is 0.667. The molecule has 0 radical (unpaired) electrons. The summed E-state index contributed by atoms with van der Waals surface area (Å²) in [5.41, 5.74) is 0.169. The first kappa shape index (κ1) is 12.5. The second kappa shape index (κ2) is 6.12. The SMILES string of the molecule is O=C(O)c1csc(CCNC2CCCCC2)n1. The van der Waals surface area contributed by atoms with Crippen molar-refractivity contribution in [2.75, 3.05) is 6.54 Å². The van der Waals surface area contributed by atoms with Gasteiger partial charge in [0.1, 0.15) is 0 Å². The quantitative estimate of drug-likeness (QED) is 0.846. The number of rotatable bonds is 5. The van der Waals surface area contributed by atoms with Crippen LogP contribution in [0.1, 0.15) is 47.6 Å². The fourth-order valence-corrected chi connectivity index (χ4v) is 2.99. The minimum atomic E-state index is -0.937. The Morgan fingerprint density at radius 1 is 1.47 bits per heavy atom. The van der Waals surface area contributed by atoms with Crippen molar-refractivity contribution in [1.29, 1.82) is 0 Å². The summed E-state index contributed by atoms with van der Waals surface area (Å²) in [4.78, 5) is 14.7. The average Bonchev–Trinajstić information content (AvgIpc) is 2.79. The third kappa shape index (κ3) is 3.78. The van der Waals surface area contributed by atoms with E-state index in [0.29, 0.717) is 6.04 Å². The lowest BCUT2D eigenvalue weighted by molar-refractivity contribution is 0.0691. The van der Waals surface area contributed by atoms with Gasteiger partial charge in [0, 0.05) is 24.4 Å². The van der Waals surface area contributed by atoms with Gasteiger partial charge in [-0.2, -0.15) is 0 Å². The van der Waals surface area contributed by atoms with Crippen LogP contribution in [0.2, 0.25) is 0 Å². The summed E-state index contributed by atoms with van der Waals surface area (Å²) < 4.78 is 0. The maximum atomic E-state index is 10.7. The van der Waals surface area contributed by atoms with Crippen molar-refractivity contribution in [1.82, 2.24) is 10.3 Å².